The molecule has 1 aliphatic rings. The highest BCUT2D eigenvalue weighted by molar-refractivity contribution is 5.78. The van der Waals surface area contributed by atoms with E-state index in [0.717, 1.165) is 29.6 Å². The van der Waals surface area contributed by atoms with Crippen LogP contribution < -0.4 is 9.64 Å². The maximum atomic E-state index is 5.84. The molecule has 0 N–H and O–H groups in total. The number of anilines is 1. The molecule has 100 valence electrons. The minimum atomic E-state index is 0.813. The zero-order valence-corrected chi connectivity index (χ0v) is 11.4. The Balaban J connectivity index is 1.81. The molecular formula is C17H16N2O. The molecule has 2 aromatic carbocycles. The van der Waals surface area contributed by atoms with Gasteiger partial charge in [0.2, 0.25) is 5.88 Å². The highest BCUT2D eigenvalue weighted by Crippen LogP contribution is 2.37. The quantitative estimate of drug-likeness (QED) is 0.778. The number of para-hydroxylation sites is 3. The largest absolute Gasteiger partial charge is 0.439 e. The molecule has 1 aliphatic heterocycles. The number of benzene rings is 2. The molecule has 0 aromatic heterocycles. The van der Waals surface area contributed by atoms with Gasteiger partial charge in [-0.2, -0.15) is 0 Å². The Hall–Kier alpha value is -2.55. The maximum absolute atomic E-state index is 5.84. The summed E-state index contributed by atoms with van der Waals surface area (Å²) in [5.74, 6) is 1.71. The van der Waals surface area contributed by atoms with E-state index >= 15 is 0 Å². The average Bonchev–Trinajstić information content (AvgIpc) is 2.86. The molecule has 0 spiro atoms. The zero-order valence-electron chi connectivity index (χ0n) is 11.4. The lowest BCUT2D eigenvalue weighted by Gasteiger charge is -2.14. The lowest BCUT2D eigenvalue weighted by atomic mass is 10.3. The van der Waals surface area contributed by atoms with Crippen LogP contribution in [0.1, 0.15) is 6.92 Å². The molecule has 0 unspecified atom stereocenters. The number of hydrogen-bond acceptors (Lipinski definition) is 3. The summed E-state index contributed by atoms with van der Waals surface area (Å²) < 4.78 is 5.84. The monoisotopic (exact) mass is 264 g/mol. The van der Waals surface area contributed by atoms with E-state index in [-0.39, 0.29) is 0 Å². The maximum Gasteiger partial charge on any atom is 0.202 e. The Bertz CT molecular complexity index is 647. The third kappa shape index (κ3) is 2.43. The van der Waals surface area contributed by atoms with Crippen molar-refractivity contribution in [3.8, 4) is 5.75 Å². The predicted molar refractivity (Wildman–Crippen MR) is 82.8 cm³/mol. The van der Waals surface area contributed by atoms with Crippen molar-refractivity contribution in [3.05, 3.63) is 66.6 Å². The summed E-state index contributed by atoms with van der Waals surface area (Å²) in [4.78, 5) is 6.52. The van der Waals surface area contributed by atoms with Gasteiger partial charge in [-0.15, -0.1) is 0 Å². The summed E-state index contributed by atoms with van der Waals surface area (Å²) >= 11 is 0. The number of rotatable bonds is 3. The molecule has 20 heavy (non-hydrogen) atoms. The fourth-order valence-electron chi connectivity index (χ4n) is 2.20. The van der Waals surface area contributed by atoms with Gasteiger partial charge in [0.1, 0.15) is 0 Å². The van der Waals surface area contributed by atoms with Crippen molar-refractivity contribution in [2.75, 3.05) is 11.4 Å². The Kier molecular flexibility index (Phi) is 3.50. The fourth-order valence-corrected chi connectivity index (χ4v) is 2.20. The Morgan fingerprint density at radius 1 is 1.05 bits per heavy atom. The molecule has 3 nitrogen and oxygen atoms in total. The second-order valence-corrected chi connectivity index (χ2v) is 4.43. The van der Waals surface area contributed by atoms with E-state index < -0.39 is 0 Å². The van der Waals surface area contributed by atoms with Crippen LogP contribution in [0.3, 0.4) is 0 Å². The molecule has 0 radical (unpaired) electrons. The van der Waals surface area contributed by atoms with E-state index in [0.29, 0.717) is 0 Å². The zero-order chi connectivity index (χ0) is 13.8. The minimum absolute atomic E-state index is 0.813. The molecule has 0 saturated carbocycles. The molecule has 0 amide bonds. The number of hydrogen-bond donors (Lipinski definition) is 0. The fraction of sp³-hybridized carbons (Fsp3) is 0.118. The van der Waals surface area contributed by atoms with Gasteiger partial charge in [-0.1, -0.05) is 30.3 Å². The Morgan fingerprint density at radius 2 is 1.80 bits per heavy atom. The third-order valence-electron chi connectivity index (χ3n) is 3.15. The summed E-state index contributed by atoms with van der Waals surface area (Å²) in [7, 11) is 0. The van der Waals surface area contributed by atoms with Crippen LogP contribution in [-0.4, -0.2) is 12.8 Å². The molecule has 0 saturated heterocycles. The second-order valence-electron chi connectivity index (χ2n) is 4.43. The van der Waals surface area contributed by atoms with Crippen molar-refractivity contribution in [3.63, 3.8) is 0 Å². The summed E-state index contributed by atoms with van der Waals surface area (Å²) in [6.45, 7) is 2.97. The van der Waals surface area contributed by atoms with Gasteiger partial charge in [0.25, 0.3) is 0 Å². The van der Waals surface area contributed by atoms with E-state index in [1.54, 1.807) is 6.21 Å². The lowest BCUT2D eigenvalue weighted by Crippen LogP contribution is -2.19. The van der Waals surface area contributed by atoms with Crippen molar-refractivity contribution >= 4 is 17.6 Å². The van der Waals surface area contributed by atoms with E-state index in [4.69, 9.17) is 4.74 Å². The third-order valence-corrected chi connectivity index (χ3v) is 3.15. The molecule has 2 aromatic rings. The van der Waals surface area contributed by atoms with Crippen LogP contribution in [0.15, 0.2) is 71.5 Å². The standard InChI is InChI=1S/C17H16N2O/c1-2-19-15-10-6-7-11-16(15)20-17(19)12-13-18-14-8-4-3-5-9-14/h3-13H,2H2,1H3/b17-12-,18-13?. The lowest BCUT2D eigenvalue weighted by molar-refractivity contribution is 0.441. The molecule has 1 heterocycles. The van der Waals surface area contributed by atoms with Crippen molar-refractivity contribution in [2.45, 2.75) is 6.92 Å². The van der Waals surface area contributed by atoms with E-state index in [9.17, 15) is 0 Å². The summed E-state index contributed by atoms with van der Waals surface area (Å²) in [5, 5.41) is 0. The minimum Gasteiger partial charge on any atom is -0.439 e. The van der Waals surface area contributed by atoms with Crippen LogP contribution in [0, 0.1) is 0 Å². The van der Waals surface area contributed by atoms with Crippen LogP contribution in [0.4, 0.5) is 11.4 Å². The van der Waals surface area contributed by atoms with Gasteiger partial charge in [-0.25, -0.2) is 0 Å². The van der Waals surface area contributed by atoms with E-state index in [2.05, 4.69) is 22.9 Å². The summed E-state index contributed by atoms with van der Waals surface area (Å²) in [6, 6.07) is 17.9. The Morgan fingerprint density at radius 3 is 2.60 bits per heavy atom. The number of aliphatic imine (C=N–C) groups is 1. The highest BCUT2D eigenvalue weighted by Gasteiger charge is 2.23. The van der Waals surface area contributed by atoms with Crippen LogP contribution in [-0.2, 0) is 0 Å². The highest BCUT2D eigenvalue weighted by atomic mass is 16.5. The van der Waals surface area contributed by atoms with Gasteiger partial charge >= 0.3 is 0 Å². The number of fused-ring (bicyclic) bond motifs is 1. The van der Waals surface area contributed by atoms with Gasteiger partial charge in [0.15, 0.2) is 5.75 Å². The number of nitrogens with zero attached hydrogens (tertiary/aromatic N) is 2. The van der Waals surface area contributed by atoms with E-state index in [1.165, 1.54) is 0 Å². The molecule has 0 fully saturated rings. The Labute approximate surface area is 118 Å². The van der Waals surface area contributed by atoms with Gasteiger partial charge in [-0.05, 0) is 31.2 Å². The smallest absolute Gasteiger partial charge is 0.202 e. The van der Waals surface area contributed by atoms with Crippen molar-refractivity contribution in [2.24, 2.45) is 4.99 Å². The predicted octanol–water partition coefficient (Wildman–Crippen LogP) is 4.15. The molecule has 3 rings (SSSR count). The van der Waals surface area contributed by atoms with Crippen LogP contribution in [0.5, 0.6) is 5.75 Å². The topological polar surface area (TPSA) is 24.8 Å². The van der Waals surface area contributed by atoms with Crippen molar-refractivity contribution in [1.82, 2.24) is 0 Å². The second kappa shape index (κ2) is 5.61. The molecular weight excluding hydrogens is 248 g/mol. The number of ether oxygens (including phenoxy) is 1. The normalized spacial score (nSPS) is 15.7. The van der Waals surface area contributed by atoms with Gasteiger partial charge in [0, 0.05) is 18.8 Å². The summed E-state index contributed by atoms with van der Waals surface area (Å²) in [5.41, 5.74) is 2.04. The average molecular weight is 264 g/mol. The van der Waals surface area contributed by atoms with Crippen LogP contribution in [0.2, 0.25) is 0 Å². The first-order chi connectivity index (χ1) is 9.88. The first-order valence-corrected chi connectivity index (χ1v) is 6.72. The molecule has 0 bridgehead atoms. The van der Waals surface area contributed by atoms with Gasteiger partial charge in [-0.3, -0.25) is 4.99 Å². The number of allylic oxidation sites excluding steroid dienone is 1. The first kappa shape index (κ1) is 12.5. The van der Waals surface area contributed by atoms with Crippen molar-refractivity contribution in [1.29, 1.82) is 0 Å². The first-order valence-electron chi connectivity index (χ1n) is 6.72. The summed E-state index contributed by atoms with van der Waals surface area (Å²) in [6.07, 6.45) is 3.68. The van der Waals surface area contributed by atoms with E-state index in [1.807, 2.05) is 54.6 Å². The van der Waals surface area contributed by atoms with Gasteiger partial charge < -0.3 is 9.64 Å². The molecule has 3 heteroatoms. The molecule has 0 atom stereocenters. The van der Waals surface area contributed by atoms with Crippen LogP contribution in [0.25, 0.3) is 0 Å². The van der Waals surface area contributed by atoms with Crippen molar-refractivity contribution < 1.29 is 4.74 Å². The van der Waals surface area contributed by atoms with Gasteiger partial charge in [0.05, 0.1) is 11.4 Å². The molecule has 0 aliphatic carbocycles. The van der Waals surface area contributed by atoms with Crippen LogP contribution >= 0.6 is 0 Å². The SMILES string of the molecule is CCN1/C(=C/C=Nc2ccccc2)Oc2ccccc21.